The Labute approximate surface area is 110 Å². The average Bonchev–Trinajstić information content (AvgIpc) is 2.35. The molecule has 1 N–H and O–H groups in total. The molecule has 0 aliphatic carbocycles. The summed E-state index contributed by atoms with van der Waals surface area (Å²) in [5.74, 6) is 0.102. The zero-order chi connectivity index (χ0) is 13.5. The standard InChI is InChI=1S/C14H27NO3/c1-4-18-10-12(3)15-7-5-6-13(9-15)11(2)8-14(16)17/h11-13H,4-10H2,1-3H3,(H,16,17). The summed E-state index contributed by atoms with van der Waals surface area (Å²) in [5, 5.41) is 8.87. The third-order valence-corrected chi connectivity index (χ3v) is 3.98. The molecule has 0 amide bonds. The first-order chi connectivity index (χ1) is 8.54. The SMILES string of the molecule is CCOCC(C)N1CCCC(C(C)CC(=O)O)C1. The highest BCUT2D eigenvalue weighted by molar-refractivity contribution is 5.66. The number of ether oxygens (including phenoxy) is 1. The molecule has 3 atom stereocenters. The molecule has 1 aliphatic heterocycles. The lowest BCUT2D eigenvalue weighted by Gasteiger charge is -2.38. The van der Waals surface area contributed by atoms with Crippen LogP contribution in [-0.4, -0.2) is 48.3 Å². The number of carboxylic acids is 1. The van der Waals surface area contributed by atoms with Crippen LogP contribution in [0.2, 0.25) is 0 Å². The van der Waals surface area contributed by atoms with Crippen molar-refractivity contribution in [3.05, 3.63) is 0 Å². The van der Waals surface area contributed by atoms with Crippen molar-refractivity contribution in [3.8, 4) is 0 Å². The van der Waals surface area contributed by atoms with Crippen molar-refractivity contribution >= 4 is 5.97 Å². The van der Waals surface area contributed by atoms with Gasteiger partial charge in [0, 0.05) is 25.6 Å². The zero-order valence-electron chi connectivity index (χ0n) is 11.9. The van der Waals surface area contributed by atoms with Gasteiger partial charge < -0.3 is 9.84 Å². The van der Waals surface area contributed by atoms with Crippen LogP contribution in [0, 0.1) is 11.8 Å². The summed E-state index contributed by atoms with van der Waals surface area (Å²) >= 11 is 0. The summed E-state index contributed by atoms with van der Waals surface area (Å²) in [5.41, 5.74) is 0. The molecule has 106 valence electrons. The second-order valence-corrected chi connectivity index (χ2v) is 5.48. The minimum Gasteiger partial charge on any atom is -0.481 e. The number of aliphatic carboxylic acids is 1. The molecule has 0 saturated carbocycles. The molecule has 0 spiro atoms. The maximum Gasteiger partial charge on any atom is 0.303 e. The quantitative estimate of drug-likeness (QED) is 0.760. The summed E-state index contributed by atoms with van der Waals surface area (Å²) in [7, 11) is 0. The normalized spacial score (nSPS) is 24.7. The van der Waals surface area contributed by atoms with Gasteiger partial charge in [0.2, 0.25) is 0 Å². The van der Waals surface area contributed by atoms with Crippen LogP contribution in [0.1, 0.15) is 40.0 Å². The third kappa shape index (κ3) is 4.94. The average molecular weight is 257 g/mol. The van der Waals surface area contributed by atoms with E-state index >= 15 is 0 Å². The molecule has 0 bridgehead atoms. The summed E-state index contributed by atoms with van der Waals surface area (Å²) in [6.45, 7) is 9.94. The van der Waals surface area contributed by atoms with Crippen molar-refractivity contribution in [1.29, 1.82) is 0 Å². The number of hydrogen-bond donors (Lipinski definition) is 1. The summed E-state index contributed by atoms with van der Waals surface area (Å²) in [4.78, 5) is 13.2. The fourth-order valence-electron chi connectivity index (χ4n) is 2.74. The number of likely N-dealkylation sites (tertiary alicyclic amines) is 1. The second kappa shape index (κ2) is 7.74. The Morgan fingerprint density at radius 3 is 2.83 bits per heavy atom. The third-order valence-electron chi connectivity index (χ3n) is 3.98. The molecule has 1 rings (SSSR count). The van der Waals surface area contributed by atoms with Crippen LogP contribution in [0.25, 0.3) is 0 Å². The molecule has 1 saturated heterocycles. The molecule has 4 nitrogen and oxygen atoms in total. The minimum atomic E-state index is -0.679. The van der Waals surface area contributed by atoms with E-state index in [4.69, 9.17) is 9.84 Å². The topological polar surface area (TPSA) is 49.8 Å². The maximum atomic E-state index is 10.8. The van der Waals surface area contributed by atoms with Gasteiger partial charge >= 0.3 is 5.97 Å². The van der Waals surface area contributed by atoms with Crippen LogP contribution in [0.4, 0.5) is 0 Å². The molecule has 4 heteroatoms. The lowest BCUT2D eigenvalue weighted by atomic mass is 9.84. The molecule has 3 unspecified atom stereocenters. The molecule has 0 aromatic carbocycles. The van der Waals surface area contributed by atoms with Crippen LogP contribution in [0.5, 0.6) is 0 Å². The zero-order valence-corrected chi connectivity index (χ0v) is 11.9. The maximum absolute atomic E-state index is 10.8. The molecule has 0 aromatic rings. The number of piperidine rings is 1. The van der Waals surface area contributed by atoms with E-state index in [-0.39, 0.29) is 5.92 Å². The van der Waals surface area contributed by atoms with Crippen molar-refractivity contribution in [2.24, 2.45) is 11.8 Å². The first-order valence-corrected chi connectivity index (χ1v) is 7.08. The van der Waals surface area contributed by atoms with E-state index < -0.39 is 5.97 Å². The number of carboxylic acid groups (broad SMARTS) is 1. The predicted octanol–water partition coefficient (Wildman–Crippen LogP) is 2.23. The smallest absolute Gasteiger partial charge is 0.303 e. The van der Waals surface area contributed by atoms with Crippen LogP contribution in [0.15, 0.2) is 0 Å². The van der Waals surface area contributed by atoms with Crippen molar-refractivity contribution in [2.75, 3.05) is 26.3 Å². The molecule has 1 fully saturated rings. The van der Waals surface area contributed by atoms with Gasteiger partial charge in [-0.3, -0.25) is 9.69 Å². The van der Waals surface area contributed by atoms with Crippen LogP contribution in [0.3, 0.4) is 0 Å². The van der Waals surface area contributed by atoms with Gasteiger partial charge in [0.15, 0.2) is 0 Å². The van der Waals surface area contributed by atoms with Gasteiger partial charge in [-0.2, -0.15) is 0 Å². The molecule has 1 heterocycles. The van der Waals surface area contributed by atoms with Crippen molar-refractivity contribution in [1.82, 2.24) is 4.90 Å². The van der Waals surface area contributed by atoms with E-state index in [1.807, 2.05) is 6.92 Å². The van der Waals surface area contributed by atoms with Crippen LogP contribution in [-0.2, 0) is 9.53 Å². The monoisotopic (exact) mass is 257 g/mol. The largest absolute Gasteiger partial charge is 0.481 e. The van der Waals surface area contributed by atoms with Crippen molar-refractivity contribution < 1.29 is 14.6 Å². The highest BCUT2D eigenvalue weighted by Gasteiger charge is 2.28. The van der Waals surface area contributed by atoms with Gasteiger partial charge in [0.1, 0.15) is 0 Å². The molecule has 18 heavy (non-hydrogen) atoms. The first kappa shape index (κ1) is 15.4. The molecule has 0 aromatic heterocycles. The predicted molar refractivity (Wildman–Crippen MR) is 71.7 cm³/mol. The molecular formula is C14H27NO3. The number of carbonyl (C=O) groups is 1. The lowest BCUT2D eigenvalue weighted by molar-refractivity contribution is -0.138. The second-order valence-electron chi connectivity index (χ2n) is 5.48. The van der Waals surface area contributed by atoms with E-state index in [0.717, 1.165) is 32.7 Å². The van der Waals surface area contributed by atoms with E-state index in [2.05, 4.69) is 18.7 Å². The Hall–Kier alpha value is -0.610. The Kier molecular flexibility index (Phi) is 6.65. The number of rotatable bonds is 7. The van der Waals surface area contributed by atoms with Crippen LogP contribution >= 0.6 is 0 Å². The Balaban J connectivity index is 2.42. The van der Waals surface area contributed by atoms with Gasteiger partial charge in [0.25, 0.3) is 0 Å². The Morgan fingerprint density at radius 1 is 1.50 bits per heavy atom. The summed E-state index contributed by atoms with van der Waals surface area (Å²) in [6.07, 6.45) is 2.62. The van der Waals surface area contributed by atoms with Crippen molar-refractivity contribution in [2.45, 2.75) is 46.1 Å². The first-order valence-electron chi connectivity index (χ1n) is 7.08. The van der Waals surface area contributed by atoms with E-state index in [1.165, 1.54) is 6.42 Å². The van der Waals surface area contributed by atoms with Gasteiger partial charge in [-0.15, -0.1) is 0 Å². The molecular weight excluding hydrogens is 230 g/mol. The van der Waals surface area contributed by atoms with Gasteiger partial charge in [-0.05, 0) is 45.1 Å². The van der Waals surface area contributed by atoms with Crippen LogP contribution < -0.4 is 0 Å². The minimum absolute atomic E-state index is 0.268. The highest BCUT2D eigenvalue weighted by Crippen LogP contribution is 2.27. The summed E-state index contributed by atoms with van der Waals surface area (Å²) in [6, 6.07) is 0.435. The Morgan fingerprint density at radius 2 is 2.22 bits per heavy atom. The summed E-state index contributed by atoms with van der Waals surface area (Å²) < 4.78 is 5.47. The van der Waals surface area contributed by atoms with Gasteiger partial charge in [-0.1, -0.05) is 6.92 Å². The highest BCUT2D eigenvalue weighted by atomic mass is 16.5. The lowest BCUT2D eigenvalue weighted by Crippen LogP contribution is -2.45. The van der Waals surface area contributed by atoms with E-state index in [0.29, 0.717) is 18.4 Å². The van der Waals surface area contributed by atoms with E-state index in [9.17, 15) is 4.79 Å². The van der Waals surface area contributed by atoms with Crippen molar-refractivity contribution in [3.63, 3.8) is 0 Å². The number of hydrogen-bond acceptors (Lipinski definition) is 3. The van der Waals surface area contributed by atoms with Gasteiger partial charge in [0.05, 0.1) is 6.61 Å². The molecule has 0 radical (unpaired) electrons. The number of nitrogens with zero attached hydrogens (tertiary/aromatic N) is 1. The molecule has 1 aliphatic rings. The Bertz CT molecular complexity index is 257. The fourth-order valence-corrected chi connectivity index (χ4v) is 2.74. The van der Waals surface area contributed by atoms with Gasteiger partial charge in [-0.25, -0.2) is 0 Å². The van der Waals surface area contributed by atoms with E-state index in [1.54, 1.807) is 0 Å². The fraction of sp³-hybridized carbons (Fsp3) is 0.929.